The normalized spacial score (nSPS) is 10.5. The highest BCUT2D eigenvalue weighted by Gasteiger charge is 2.38. The molecule has 6 nitrogen and oxygen atoms in total. The van der Waals surface area contributed by atoms with Gasteiger partial charge in [0.25, 0.3) is 5.91 Å². The topological polar surface area (TPSA) is 118 Å². The molecule has 0 aliphatic carbocycles. The van der Waals surface area contributed by atoms with Crippen LogP contribution in [0.25, 0.3) is 0 Å². The van der Waals surface area contributed by atoms with Crippen LogP contribution in [0.1, 0.15) is 9.67 Å². The summed E-state index contributed by atoms with van der Waals surface area (Å²) in [6, 6.07) is 3.50. The van der Waals surface area contributed by atoms with Crippen molar-refractivity contribution < 1.29 is 50.9 Å². The zero-order valence-electron chi connectivity index (χ0n) is 10.1. The molecular formula is C9H7F6NO5S. The lowest BCUT2D eigenvalue weighted by Gasteiger charge is -1.93. The molecule has 22 heavy (non-hydrogen) atoms. The maximum Gasteiger partial charge on any atom is 0.490 e. The molecule has 4 N–H and O–H groups in total. The Kier molecular flexibility index (Phi) is 8.85. The van der Waals surface area contributed by atoms with Crippen molar-refractivity contribution in [3.63, 3.8) is 0 Å². The average Bonchev–Trinajstić information content (AvgIpc) is 2.81. The molecule has 0 fully saturated rings. The van der Waals surface area contributed by atoms with Crippen LogP contribution in [-0.2, 0) is 9.59 Å². The first-order chi connectivity index (χ1) is 9.69. The average molecular weight is 355 g/mol. The third-order valence-electron chi connectivity index (χ3n) is 1.25. The van der Waals surface area contributed by atoms with E-state index in [0.717, 1.165) is 0 Å². The Morgan fingerprint density at radius 2 is 1.27 bits per heavy atom. The number of primary amides is 1. The van der Waals surface area contributed by atoms with Crippen LogP contribution in [0.3, 0.4) is 0 Å². The number of alkyl halides is 6. The van der Waals surface area contributed by atoms with E-state index in [1.165, 1.54) is 11.3 Å². The van der Waals surface area contributed by atoms with E-state index in [0.29, 0.717) is 4.88 Å². The predicted molar refractivity (Wildman–Crippen MR) is 60.2 cm³/mol. The van der Waals surface area contributed by atoms with Crippen LogP contribution in [0, 0.1) is 0 Å². The second-order valence-electron chi connectivity index (χ2n) is 2.95. The first kappa shape index (κ1) is 22.0. The summed E-state index contributed by atoms with van der Waals surface area (Å²) in [4.78, 5) is 28.7. The molecule has 0 bridgehead atoms. The summed E-state index contributed by atoms with van der Waals surface area (Å²) in [5.74, 6) is -5.86. The fourth-order valence-electron chi connectivity index (χ4n) is 0.419. The highest BCUT2D eigenvalue weighted by molar-refractivity contribution is 7.12. The van der Waals surface area contributed by atoms with Gasteiger partial charge in [0.2, 0.25) is 0 Å². The molecule has 0 aliphatic rings. The molecular weight excluding hydrogens is 348 g/mol. The van der Waals surface area contributed by atoms with Gasteiger partial charge in [0, 0.05) is 0 Å². The maximum absolute atomic E-state index is 10.6. The minimum Gasteiger partial charge on any atom is -0.475 e. The molecule has 0 aliphatic heterocycles. The smallest absolute Gasteiger partial charge is 0.475 e. The van der Waals surface area contributed by atoms with Crippen molar-refractivity contribution in [2.75, 3.05) is 0 Å². The zero-order chi connectivity index (χ0) is 18.1. The quantitative estimate of drug-likeness (QED) is 0.667. The maximum atomic E-state index is 10.6. The van der Waals surface area contributed by atoms with Crippen molar-refractivity contribution in [2.24, 2.45) is 5.73 Å². The highest BCUT2D eigenvalue weighted by Crippen LogP contribution is 2.13. The number of carbonyl (C=O) groups excluding carboxylic acids is 1. The summed E-state index contributed by atoms with van der Waals surface area (Å²) in [5, 5.41) is 16.1. The van der Waals surface area contributed by atoms with Gasteiger partial charge in [-0.2, -0.15) is 26.3 Å². The lowest BCUT2D eigenvalue weighted by Crippen LogP contribution is -2.21. The first-order valence-electron chi connectivity index (χ1n) is 4.63. The van der Waals surface area contributed by atoms with Crippen LogP contribution in [0.15, 0.2) is 17.5 Å². The molecule has 0 aromatic carbocycles. The number of halogens is 6. The fourth-order valence-corrected chi connectivity index (χ4v) is 0.996. The van der Waals surface area contributed by atoms with Crippen LogP contribution in [-0.4, -0.2) is 40.4 Å². The summed E-state index contributed by atoms with van der Waals surface area (Å²) in [6.45, 7) is 0. The van der Waals surface area contributed by atoms with Gasteiger partial charge in [-0.25, -0.2) is 9.59 Å². The van der Waals surface area contributed by atoms with E-state index in [2.05, 4.69) is 0 Å². The Morgan fingerprint density at radius 1 is 0.955 bits per heavy atom. The lowest BCUT2D eigenvalue weighted by molar-refractivity contribution is -0.193. The summed E-state index contributed by atoms with van der Waals surface area (Å²) in [5.41, 5.74) is 4.93. The molecule has 1 heterocycles. The molecule has 0 radical (unpaired) electrons. The number of nitrogens with two attached hydrogens (primary N) is 1. The Morgan fingerprint density at radius 3 is 1.36 bits per heavy atom. The van der Waals surface area contributed by atoms with Gasteiger partial charge < -0.3 is 15.9 Å². The summed E-state index contributed by atoms with van der Waals surface area (Å²) < 4.78 is 63.5. The van der Waals surface area contributed by atoms with Crippen LogP contribution in [0.4, 0.5) is 26.3 Å². The van der Waals surface area contributed by atoms with E-state index in [1.54, 1.807) is 12.1 Å². The Labute approximate surface area is 121 Å². The molecule has 0 saturated heterocycles. The van der Waals surface area contributed by atoms with Gasteiger partial charge in [-0.05, 0) is 11.4 Å². The third-order valence-corrected chi connectivity index (χ3v) is 2.13. The Bertz CT molecular complexity index is 472. The van der Waals surface area contributed by atoms with Crippen LogP contribution >= 0.6 is 11.3 Å². The van der Waals surface area contributed by atoms with Gasteiger partial charge in [0.15, 0.2) is 0 Å². The minimum absolute atomic E-state index is 0.347. The third kappa shape index (κ3) is 11.5. The number of amides is 1. The second-order valence-corrected chi connectivity index (χ2v) is 3.90. The lowest BCUT2D eigenvalue weighted by atomic mass is 10.5. The summed E-state index contributed by atoms with van der Waals surface area (Å²) in [6.07, 6.45) is -10.2. The van der Waals surface area contributed by atoms with Gasteiger partial charge in [-0.3, -0.25) is 4.79 Å². The standard InChI is InChI=1S/C5H5NOS.2C2HF3O2/c6-5(7)4-2-1-3-8-4;2*3-2(4,5)1(6)7/h1-3H,(H2,6,7);2*(H,6,7). The van der Waals surface area contributed by atoms with Crippen molar-refractivity contribution in [1.29, 1.82) is 0 Å². The monoisotopic (exact) mass is 355 g/mol. The first-order valence-corrected chi connectivity index (χ1v) is 5.51. The van der Waals surface area contributed by atoms with E-state index in [9.17, 15) is 31.1 Å². The van der Waals surface area contributed by atoms with Crippen molar-refractivity contribution in [3.05, 3.63) is 22.4 Å². The number of hydrogen-bond donors (Lipinski definition) is 3. The Balaban J connectivity index is 0. The molecule has 0 unspecified atom stereocenters. The van der Waals surface area contributed by atoms with Gasteiger partial charge in [0.1, 0.15) is 0 Å². The molecule has 0 atom stereocenters. The minimum atomic E-state index is -5.08. The fraction of sp³-hybridized carbons (Fsp3) is 0.222. The van der Waals surface area contributed by atoms with Gasteiger partial charge in [0.05, 0.1) is 4.88 Å². The zero-order valence-corrected chi connectivity index (χ0v) is 10.9. The molecule has 126 valence electrons. The van der Waals surface area contributed by atoms with Crippen molar-refractivity contribution >= 4 is 29.2 Å². The molecule has 1 aromatic heterocycles. The van der Waals surface area contributed by atoms with Crippen LogP contribution < -0.4 is 5.73 Å². The highest BCUT2D eigenvalue weighted by atomic mass is 32.1. The molecule has 1 aromatic rings. The van der Waals surface area contributed by atoms with E-state index in [-0.39, 0.29) is 5.91 Å². The number of carboxylic acid groups (broad SMARTS) is 2. The van der Waals surface area contributed by atoms with Crippen LogP contribution in [0.5, 0.6) is 0 Å². The second kappa shape index (κ2) is 8.86. The van der Waals surface area contributed by atoms with Crippen LogP contribution in [0.2, 0.25) is 0 Å². The molecule has 0 saturated carbocycles. The molecule has 1 rings (SSSR count). The van der Waals surface area contributed by atoms with Crippen molar-refractivity contribution in [2.45, 2.75) is 12.4 Å². The van der Waals surface area contributed by atoms with Crippen molar-refractivity contribution in [3.8, 4) is 0 Å². The largest absolute Gasteiger partial charge is 0.490 e. The summed E-state index contributed by atoms with van der Waals surface area (Å²) in [7, 11) is 0. The molecule has 1 amide bonds. The van der Waals surface area contributed by atoms with E-state index < -0.39 is 24.3 Å². The number of carbonyl (C=O) groups is 3. The van der Waals surface area contributed by atoms with E-state index >= 15 is 0 Å². The van der Waals surface area contributed by atoms with Gasteiger partial charge in [-0.15, -0.1) is 11.3 Å². The predicted octanol–water partition coefficient (Wildman–Crippen LogP) is 2.11. The summed E-state index contributed by atoms with van der Waals surface area (Å²) >= 11 is 1.36. The molecule has 0 spiro atoms. The van der Waals surface area contributed by atoms with E-state index in [1.807, 2.05) is 5.38 Å². The van der Waals surface area contributed by atoms with E-state index in [4.69, 9.17) is 25.5 Å². The number of rotatable bonds is 1. The number of aliphatic carboxylic acids is 2. The van der Waals surface area contributed by atoms with Gasteiger partial charge in [-0.1, -0.05) is 6.07 Å². The molecule has 13 heteroatoms. The number of thiophene rings is 1. The SMILES string of the molecule is NC(=O)c1cccs1.O=C(O)C(F)(F)F.O=C(O)C(F)(F)F. The van der Waals surface area contributed by atoms with Crippen molar-refractivity contribution in [1.82, 2.24) is 0 Å². The number of carboxylic acids is 2. The Hall–Kier alpha value is -2.31. The van der Waals surface area contributed by atoms with Gasteiger partial charge >= 0.3 is 24.3 Å². The number of hydrogen-bond acceptors (Lipinski definition) is 4.